The average Bonchev–Trinajstić information content (AvgIpc) is 3.02. The Morgan fingerprint density at radius 1 is 1.43 bits per heavy atom. The fourth-order valence-electron chi connectivity index (χ4n) is 2.50. The lowest BCUT2D eigenvalue weighted by atomic mass is 10.0. The second-order valence-corrected chi connectivity index (χ2v) is 6.74. The number of aromatic amines is 1. The van der Waals surface area contributed by atoms with E-state index < -0.39 is 6.04 Å². The van der Waals surface area contributed by atoms with Crippen molar-refractivity contribution in [1.82, 2.24) is 20.1 Å². The van der Waals surface area contributed by atoms with Gasteiger partial charge in [0.25, 0.3) is 0 Å². The first-order valence-electron chi connectivity index (χ1n) is 8.04. The van der Waals surface area contributed by atoms with Crippen LogP contribution in [-0.4, -0.2) is 56.9 Å². The minimum absolute atomic E-state index is 0.0661. The Bertz CT molecular complexity index is 547. The standard InChI is InChI=1S/C15H24N4O3S/c1-4-22-14(21)11-7-5-6-8-19(11)12(20)9-23-15-16-13(10(2)3)17-18-15/h10-11H,4-9H2,1-3H3,(H,16,17,18)/t11-/m1/s1. The number of rotatable bonds is 6. The molecule has 1 fully saturated rings. The number of hydrogen-bond acceptors (Lipinski definition) is 6. The Morgan fingerprint density at radius 2 is 2.22 bits per heavy atom. The van der Waals surface area contributed by atoms with Crippen LogP contribution in [0.3, 0.4) is 0 Å². The molecule has 1 N–H and O–H groups in total. The molecule has 23 heavy (non-hydrogen) atoms. The van der Waals surface area contributed by atoms with Crippen LogP contribution in [0.2, 0.25) is 0 Å². The van der Waals surface area contributed by atoms with Gasteiger partial charge in [0.1, 0.15) is 11.9 Å². The highest BCUT2D eigenvalue weighted by Gasteiger charge is 2.33. The molecule has 1 aliphatic rings. The predicted octanol–water partition coefficient (Wildman–Crippen LogP) is 1.96. The third-order valence-electron chi connectivity index (χ3n) is 3.74. The molecule has 1 aromatic heterocycles. The number of piperidine rings is 1. The molecule has 1 aromatic rings. The SMILES string of the molecule is CCOC(=O)[C@H]1CCCCN1C(=O)CSc1n[nH]c(C(C)C)n1. The molecule has 0 aliphatic carbocycles. The molecule has 7 nitrogen and oxygen atoms in total. The third-order valence-corrected chi connectivity index (χ3v) is 4.57. The van der Waals surface area contributed by atoms with Crippen LogP contribution in [0.15, 0.2) is 5.16 Å². The zero-order valence-corrected chi connectivity index (χ0v) is 14.7. The number of thioether (sulfide) groups is 1. The number of ether oxygens (including phenoxy) is 1. The van der Waals surface area contributed by atoms with Crippen molar-refractivity contribution >= 4 is 23.6 Å². The molecule has 0 radical (unpaired) electrons. The van der Waals surface area contributed by atoms with Crippen molar-refractivity contribution in [3.05, 3.63) is 5.82 Å². The zero-order valence-electron chi connectivity index (χ0n) is 13.9. The van der Waals surface area contributed by atoms with Gasteiger partial charge in [0, 0.05) is 12.5 Å². The zero-order chi connectivity index (χ0) is 16.8. The van der Waals surface area contributed by atoms with Crippen molar-refractivity contribution in [2.75, 3.05) is 18.9 Å². The molecular weight excluding hydrogens is 316 g/mol. The van der Waals surface area contributed by atoms with E-state index in [4.69, 9.17) is 4.74 Å². The molecule has 0 unspecified atom stereocenters. The number of nitrogens with one attached hydrogen (secondary N) is 1. The second-order valence-electron chi connectivity index (χ2n) is 5.80. The lowest BCUT2D eigenvalue weighted by Crippen LogP contribution is -2.49. The number of aromatic nitrogens is 3. The highest BCUT2D eigenvalue weighted by atomic mass is 32.2. The summed E-state index contributed by atoms with van der Waals surface area (Å²) in [6, 6.07) is -0.449. The van der Waals surface area contributed by atoms with E-state index >= 15 is 0 Å². The second kappa shape index (κ2) is 8.33. The molecule has 1 saturated heterocycles. The van der Waals surface area contributed by atoms with E-state index in [2.05, 4.69) is 15.2 Å². The lowest BCUT2D eigenvalue weighted by molar-refractivity contribution is -0.155. The van der Waals surface area contributed by atoms with E-state index in [-0.39, 0.29) is 23.5 Å². The van der Waals surface area contributed by atoms with E-state index in [0.29, 0.717) is 24.7 Å². The maximum absolute atomic E-state index is 12.5. The summed E-state index contributed by atoms with van der Waals surface area (Å²) in [5.74, 6) is 0.935. The molecule has 2 heterocycles. The Kier molecular flexibility index (Phi) is 6.44. The van der Waals surface area contributed by atoms with Gasteiger partial charge in [-0.05, 0) is 26.2 Å². The number of hydrogen-bond donors (Lipinski definition) is 1. The van der Waals surface area contributed by atoms with Gasteiger partial charge in [-0.15, -0.1) is 5.10 Å². The van der Waals surface area contributed by atoms with E-state index in [0.717, 1.165) is 18.7 Å². The highest BCUT2D eigenvalue weighted by molar-refractivity contribution is 7.99. The van der Waals surface area contributed by atoms with Crippen molar-refractivity contribution in [3.8, 4) is 0 Å². The monoisotopic (exact) mass is 340 g/mol. The Morgan fingerprint density at radius 3 is 2.87 bits per heavy atom. The van der Waals surface area contributed by atoms with Gasteiger partial charge in [0.2, 0.25) is 11.1 Å². The third kappa shape index (κ3) is 4.70. The highest BCUT2D eigenvalue weighted by Crippen LogP contribution is 2.22. The number of carbonyl (C=O) groups is 2. The maximum Gasteiger partial charge on any atom is 0.328 e. The number of carbonyl (C=O) groups excluding carboxylic acids is 2. The summed E-state index contributed by atoms with van der Waals surface area (Å²) in [6.07, 6.45) is 2.54. The summed E-state index contributed by atoms with van der Waals surface area (Å²) in [6.45, 7) is 6.77. The van der Waals surface area contributed by atoms with Crippen molar-refractivity contribution in [1.29, 1.82) is 0 Å². The predicted molar refractivity (Wildman–Crippen MR) is 87.2 cm³/mol. The Balaban J connectivity index is 1.93. The van der Waals surface area contributed by atoms with E-state index in [1.807, 2.05) is 13.8 Å². The molecule has 2 rings (SSSR count). The minimum Gasteiger partial charge on any atom is -0.464 e. The fraction of sp³-hybridized carbons (Fsp3) is 0.733. The van der Waals surface area contributed by atoms with Crippen molar-refractivity contribution < 1.29 is 14.3 Å². The minimum atomic E-state index is -0.449. The first kappa shape index (κ1) is 17.8. The van der Waals surface area contributed by atoms with E-state index in [9.17, 15) is 9.59 Å². The van der Waals surface area contributed by atoms with Crippen LogP contribution in [0.25, 0.3) is 0 Å². The first-order chi connectivity index (χ1) is 11.0. The summed E-state index contributed by atoms with van der Waals surface area (Å²) in [5, 5.41) is 7.54. The molecule has 0 aromatic carbocycles. The first-order valence-corrected chi connectivity index (χ1v) is 9.02. The number of esters is 1. The van der Waals surface area contributed by atoms with Crippen LogP contribution >= 0.6 is 11.8 Å². The van der Waals surface area contributed by atoms with Gasteiger partial charge in [-0.3, -0.25) is 9.89 Å². The van der Waals surface area contributed by atoms with Gasteiger partial charge in [-0.1, -0.05) is 25.6 Å². The van der Waals surface area contributed by atoms with Crippen LogP contribution in [0.5, 0.6) is 0 Å². The molecule has 0 saturated carbocycles. The largest absolute Gasteiger partial charge is 0.464 e. The van der Waals surface area contributed by atoms with Crippen LogP contribution in [0.1, 0.15) is 51.8 Å². The van der Waals surface area contributed by atoms with Gasteiger partial charge in [-0.2, -0.15) is 0 Å². The summed E-state index contributed by atoms with van der Waals surface area (Å²) in [7, 11) is 0. The number of amides is 1. The summed E-state index contributed by atoms with van der Waals surface area (Å²) >= 11 is 1.29. The van der Waals surface area contributed by atoms with Crippen LogP contribution in [0, 0.1) is 0 Å². The van der Waals surface area contributed by atoms with Crippen LogP contribution in [0.4, 0.5) is 0 Å². The number of H-pyrrole nitrogens is 1. The van der Waals surface area contributed by atoms with Crippen molar-refractivity contribution in [2.24, 2.45) is 0 Å². The number of nitrogens with zero attached hydrogens (tertiary/aromatic N) is 3. The van der Waals surface area contributed by atoms with E-state index in [1.165, 1.54) is 11.8 Å². The molecule has 8 heteroatoms. The van der Waals surface area contributed by atoms with Crippen molar-refractivity contribution in [3.63, 3.8) is 0 Å². The Hall–Kier alpha value is -1.57. The molecule has 0 bridgehead atoms. The van der Waals surface area contributed by atoms with Gasteiger partial charge >= 0.3 is 5.97 Å². The summed E-state index contributed by atoms with van der Waals surface area (Å²) < 4.78 is 5.08. The lowest BCUT2D eigenvalue weighted by Gasteiger charge is -2.33. The van der Waals surface area contributed by atoms with E-state index in [1.54, 1.807) is 11.8 Å². The Labute approximate surface area is 140 Å². The smallest absolute Gasteiger partial charge is 0.328 e. The maximum atomic E-state index is 12.5. The number of likely N-dealkylation sites (tertiary alicyclic amines) is 1. The molecule has 0 spiro atoms. The average molecular weight is 340 g/mol. The molecule has 1 aliphatic heterocycles. The van der Waals surface area contributed by atoms with Crippen LogP contribution < -0.4 is 0 Å². The fourth-order valence-corrected chi connectivity index (χ4v) is 3.20. The quantitative estimate of drug-likeness (QED) is 0.629. The van der Waals surface area contributed by atoms with Crippen LogP contribution in [-0.2, 0) is 14.3 Å². The molecule has 1 atom stereocenters. The summed E-state index contributed by atoms with van der Waals surface area (Å²) in [4.78, 5) is 30.5. The van der Waals surface area contributed by atoms with Gasteiger partial charge in [-0.25, -0.2) is 9.78 Å². The topological polar surface area (TPSA) is 88.2 Å². The van der Waals surface area contributed by atoms with Gasteiger partial charge in [0.05, 0.1) is 12.4 Å². The molecule has 128 valence electrons. The molecule has 1 amide bonds. The summed E-state index contributed by atoms with van der Waals surface area (Å²) in [5.41, 5.74) is 0. The van der Waals surface area contributed by atoms with Crippen molar-refractivity contribution in [2.45, 2.75) is 57.1 Å². The normalized spacial score (nSPS) is 18.3. The van der Waals surface area contributed by atoms with Gasteiger partial charge < -0.3 is 9.64 Å². The van der Waals surface area contributed by atoms with Gasteiger partial charge in [0.15, 0.2) is 0 Å². The molecular formula is C15H24N4O3S.